The molecule has 0 radical (unpaired) electrons. The molecule has 116 valence electrons. The summed E-state index contributed by atoms with van der Waals surface area (Å²) in [6, 6.07) is 10.7. The number of benzene rings is 1. The Morgan fingerprint density at radius 1 is 1.23 bits per heavy atom. The molecule has 2 rings (SSSR count). The Labute approximate surface area is 133 Å². The lowest BCUT2D eigenvalue weighted by Crippen LogP contribution is -2.37. The second kappa shape index (κ2) is 7.61. The van der Waals surface area contributed by atoms with Crippen molar-refractivity contribution in [2.45, 2.75) is 6.92 Å². The maximum atomic E-state index is 12.3. The van der Waals surface area contributed by atoms with Gasteiger partial charge < -0.3 is 15.0 Å². The predicted molar refractivity (Wildman–Crippen MR) is 87.5 cm³/mol. The third-order valence-corrected chi connectivity index (χ3v) is 3.97. The van der Waals surface area contributed by atoms with Crippen molar-refractivity contribution in [3.63, 3.8) is 0 Å². The summed E-state index contributed by atoms with van der Waals surface area (Å²) in [5.41, 5.74) is 0.592. The zero-order valence-corrected chi connectivity index (χ0v) is 13.4. The van der Waals surface area contributed by atoms with Crippen molar-refractivity contribution >= 4 is 28.8 Å². The van der Waals surface area contributed by atoms with Crippen LogP contribution >= 0.6 is 11.3 Å². The first kappa shape index (κ1) is 16.0. The standard InChI is InChI=1S/C16H18N2O3S/c1-3-18(16(20)14-9-6-10-22-14)11-15(19)17-12-7-4-5-8-13(12)21-2/h4-10H,3,11H2,1-2H3,(H,17,19). The Morgan fingerprint density at radius 3 is 2.64 bits per heavy atom. The molecule has 0 fully saturated rings. The number of rotatable bonds is 6. The highest BCUT2D eigenvalue weighted by molar-refractivity contribution is 7.12. The van der Waals surface area contributed by atoms with Gasteiger partial charge in [0.2, 0.25) is 5.91 Å². The van der Waals surface area contributed by atoms with Gasteiger partial charge in [-0.25, -0.2) is 0 Å². The lowest BCUT2D eigenvalue weighted by Gasteiger charge is -2.20. The Bertz CT molecular complexity index is 641. The third kappa shape index (κ3) is 3.85. The summed E-state index contributed by atoms with van der Waals surface area (Å²) in [5, 5.41) is 4.62. The molecule has 0 aliphatic carbocycles. The van der Waals surface area contributed by atoms with Gasteiger partial charge in [0.05, 0.1) is 17.7 Å². The van der Waals surface area contributed by atoms with Gasteiger partial charge in [0, 0.05) is 6.54 Å². The van der Waals surface area contributed by atoms with Crippen molar-refractivity contribution in [1.82, 2.24) is 4.90 Å². The van der Waals surface area contributed by atoms with Gasteiger partial charge in [0.1, 0.15) is 12.3 Å². The Kier molecular flexibility index (Phi) is 5.55. The minimum absolute atomic E-state index is 0.00524. The molecule has 1 aromatic carbocycles. The first-order valence-electron chi connectivity index (χ1n) is 6.91. The van der Waals surface area contributed by atoms with Gasteiger partial charge in [0.25, 0.3) is 5.91 Å². The van der Waals surface area contributed by atoms with E-state index in [0.29, 0.717) is 22.9 Å². The summed E-state index contributed by atoms with van der Waals surface area (Å²) in [4.78, 5) is 26.6. The number of hydrogen-bond acceptors (Lipinski definition) is 4. The minimum Gasteiger partial charge on any atom is -0.495 e. The lowest BCUT2D eigenvalue weighted by molar-refractivity contribution is -0.116. The summed E-state index contributed by atoms with van der Waals surface area (Å²) >= 11 is 1.37. The van der Waals surface area contributed by atoms with Gasteiger partial charge >= 0.3 is 0 Å². The van der Waals surface area contributed by atoms with Gasteiger partial charge in [-0.2, -0.15) is 0 Å². The number of amides is 2. The van der Waals surface area contributed by atoms with E-state index in [1.165, 1.54) is 16.2 Å². The molecule has 0 saturated heterocycles. The van der Waals surface area contributed by atoms with Crippen molar-refractivity contribution in [3.8, 4) is 5.75 Å². The summed E-state index contributed by atoms with van der Waals surface area (Å²) in [6.07, 6.45) is 0. The van der Waals surface area contributed by atoms with Crippen molar-refractivity contribution in [3.05, 3.63) is 46.7 Å². The van der Waals surface area contributed by atoms with Crippen LogP contribution in [0.15, 0.2) is 41.8 Å². The number of thiophene rings is 1. The molecule has 1 N–H and O–H groups in total. The molecular formula is C16H18N2O3S. The minimum atomic E-state index is -0.253. The molecule has 0 bridgehead atoms. The SMILES string of the molecule is CCN(CC(=O)Nc1ccccc1OC)C(=O)c1cccs1. The van der Waals surface area contributed by atoms with E-state index in [1.807, 2.05) is 30.5 Å². The zero-order chi connectivity index (χ0) is 15.9. The normalized spacial score (nSPS) is 10.1. The van der Waals surface area contributed by atoms with Crippen LogP contribution in [0.2, 0.25) is 0 Å². The number of methoxy groups -OCH3 is 1. The largest absolute Gasteiger partial charge is 0.495 e. The molecule has 0 aliphatic heterocycles. The smallest absolute Gasteiger partial charge is 0.264 e. The van der Waals surface area contributed by atoms with Gasteiger partial charge in [-0.3, -0.25) is 9.59 Å². The maximum Gasteiger partial charge on any atom is 0.264 e. The van der Waals surface area contributed by atoms with Crippen molar-refractivity contribution in [2.24, 2.45) is 0 Å². The molecule has 0 aliphatic rings. The van der Waals surface area contributed by atoms with E-state index in [-0.39, 0.29) is 18.4 Å². The fourth-order valence-corrected chi connectivity index (χ4v) is 2.69. The van der Waals surface area contributed by atoms with Gasteiger partial charge in [-0.15, -0.1) is 11.3 Å². The third-order valence-electron chi connectivity index (χ3n) is 3.12. The molecule has 1 aromatic heterocycles. The van der Waals surface area contributed by atoms with Crippen LogP contribution in [0, 0.1) is 0 Å². The molecule has 2 amide bonds. The number of ether oxygens (including phenoxy) is 1. The van der Waals surface area contributed by atoms with E-state index in [4.69, 9.17) is 4.74 Å². The van der Waals surface area contributed by atoms with Crippen LogP contribution < -0.4 is 10.1 Å². The molecule has 22 heavy (non-hydrogen) atoms. The summed E-state index contributed by atoms with van der Waals surface area (Å²) < 4.78 is 5.19. The van der Waals surface area contributed by atoms with Crippen LogP contribution in [0.3, 0.4) is 0 Å². The fourth-order valence-electron chi connectivity index (χ4n) is 1.99. The van der Waals surface area contributed by atoms with Gasteiger partial charge in [0.15, 0.2) is 0 Å². The Morgan fingerprint density at radius 2 is 2.00 bits per heavy atom. The van der Waals surface area contributed by atoms with Crippen molar-refractivity contribution in [2.75, 3.05) is 25.5 Å². The van der Waals surface area contributed by atoms with Gasteiger partial charge in [-0.05, 0) is 30.5 Å². The van der Waals surface area contributed by atoms with Crippen molar-refractivity contribution in [1.29, 1.82) is 0 Å². The second-order valence-electron chi connectivity index (χ2n) is 4.55. The van der Waals surface area contributed by atoms with Crippen LogP contribution in [-0.4, -0.2) is 36.9 Å². The Balaban J connectivity index is 2.02. The van der Waals surface area contributed by atoms with Crippen LogP contribution in [0.25, 0.3) is 0 Å². The molecule has 0 spiro atoms. The highest BCUT2D eigenvalue weighted by Crippen LogP contribution is 2.23. The van der Waals surface area contributed by atoms with Crippen LogP contribution in [0.4, 0.5) is 5.69 Å². The summed E-state index contributed by atoms with van der Waals surface area (Å²) in [5.74, 6) is 0.201. The molecule has 0 saturated carbocycles. The van der Waals surface area contributed by atoms with Gasteiger partial charge in [-0.1, -0.05) is 18.2 Å². The number of carbonyl (C=O) groups is 2. The molecule has 6 heteroatoms. The quantitative estimate of drug-likeness (QED) is 0.891. The molecule has 1 heterocycles. The molecule has 0 unspecified atom stereocenters. The second-order valence-corrected chi connectivity index (χ2v) is 5.49. The Hall–Kier alpha value is -2.34. The average molecular weight is 318 g/mol. The monoisotopic (exact) mass is 318 g/mol. The molecular weight excluding hydrogens is 300 g/mol. The van der Waals surface area contributed by atoms with Crippen LogP contribution in [0.5, 0.6) is 5.75 Å². The number of nitrogens with zero attached hydrogens (tertiary/aromatic N) is 1. The first-order chi connectivity index (χ1) is 10.7. The van der Waals surface area contributed by atoms with E-state index in [1.54, 1.807) is 25.3 Å². The van der Waals surface area contributed by atoms with E-state index in [9.17, 15) is 9.59 Å². The summed E-state index contributed by atoms with van der Waals surface area (Å²) in [6.45, 7) is 2.32. The van der Waals surface area contributed by atoms with E-state index in [2.05, 4.69) is 5.32 Å². The highest BCUT2D eigenvalue weighted by Gasteiger charge is 2.18. The topological polar surface area (TPSA) is 58.6 Å². The number of para-hydroxylation sites is 2. The van der Waals surface area contributed by atoms with Crippen LogP contribution in [0.1, 0.15) is 16.6 Å². The van der Waals surface area contributed by atoms with E-state index < -0.39 is 0 Å². The molecule has 5 nitrogen and oxygen atoms in total. The number of anilines is 1. The summed E-state index contributed by atoms with van der Waals surface area (Å²) in [7, 11) is 1.55. The van der Waals surface area contributed by atoms with E-state index >= 15 is 0 Å². The average Bonchev–Trinajstić information content (AvgIpc) is 3.07. The number of carbonyl (C=O) groups excluding carboxylic acids is 2. The first-order valence-corrected chi connectivity index (χ1v) is 7.79. The number of nitrogens with one attached hydrogen (secondary N) is 1. The molecule has 2 aromatic rings. The maximum absolute atomic E-state index is 12.3. The lowest BCUT2D eigenvalue weighted by atomic mass is 10.3. The number of likely N-dealkylation sites (N-methyl/N-ethyl adjacent to an activating group) is 1. The van der Waals surface area contributed by atoms with Crippen LogP contribution in [-0.2, 0) is 4.79 Å². The highest BCUT2D eigenvalue weighted by atomic mass is 32.1. The number of hydrogen-bond donors (Lipinski definition) is 1. The predicted octanol–water partition coefficient (Wildman–Crippen LogP) is 2.86. The zero-order valence-electron chi connectivity index (χ0n) is 12.5. The fraction of sp³-hybridized carbons (Fsp3) is 0.250. The van der Waals surface area contributed by atoms with Crippen molar-refractivity contribution < 1.29 is 14.3 Å². The van der Waals surface area contributed by atoms with E-state index in [0.717, 1.165) is 0 Å². The molecule has 0 atom stereocenters.